The molecule has 5 amide bonds. The van der Waals surface area contributed by atoms with E-state index in [-0.39, 0.29) is 35.6 Å². The molecule has 3 aliphatic heterocycles. The normalized spacial score (nSPS) is 18.8. The zero-order valence-corrected chi connectivity index (χ0v) is 32.7. The highest BCUT2D eigenvalue weighted by Gasteiger charge is 2.49. The number of nitrogens with one attached hydrogen (secondary N) is 3. The van der Waals surface area contributed by atoms with Crippen molar-refractivity contribution in [2.24, 2.45) is 5.41 Å². The lowest BCUT2D eigenvalue weighted by Gasteiger charge is -2.27. The van der Waals surface area contributed by atoms with Crippen molar-refractivity contribution in [2.45, 2.75) is 64.4 Å². The predicted octanol–water partition coefficient (Wildman–Crippen LogP) is 5.13. The Hall–Kier alpha value is -5.99. The van der Waals surface area contributed by atoms with Gasteiger partial charge in [0.15, 0.2) is 6.10 Å². The molecule has 2 unspecified atom stereocenters. The molecule has 0 bridgehead atoms. The SMILES string of the molecule is CC1(C)CN(Cc2ccc(NCCCCOCCOCCNc3cccc4c3C(=O)N(C3CCC(=O)NC3=O)C4=O)cc2)C(=O)C1Oc1ccc(C#N)c(C(F)(F)F)c1. The number of benzene rings is 3. The van der Waals surface area contributed by atoms with Gasteiger partial charge in [-0.1, -0.05) is 32.0 Å². The Morgan fingerprint density at radius 2 is 1.64 bits per heavy atom. The Morgan fingerprint density at radius 3 is 2.36 bits per heavy atom. The van der Waals surface area contributed by atoms with E-state index in [0.29, 0.717) is 51.7 Å². The highest BCUT2D eigenvalue weighted by Crippen LogP contribution is 2.38. The summed E-state index contributed by atoms with van der Waals surface area (Å²) in [7, 11) is 0. The molecule has 17 heteroatoms. The Kier molecular flexibility index (Phi) is 13.2. The molecule has 0 radical (unpaired) electrons. The van der Waals surface area contributed by atoms with Crippen LogP contribution in [0.3, 0.4) is 0 Å². The van der Waals surface area contributed by atoms with Crippen LogP contribution >= 0.6 is 0 Å². The molecule has 2 atom stereocenters. The highest BCUT2D eigenvalue weighted by atomic mass is 19.4. The first-order valence-corrected chi connectivity index (χ1v) is 19.3. The summed E-state index contributed by atoms with van der Waals surface area (Å²) in [4.78, 5) is 66.0. The zero-order chi connectivity index (χ0) is 42.3. The topological polar surface area (TPSA) is 179 Å². The Labute approximate surface area is 338 Å². The van der Waals surface area contributed by atoms with Gasteiger partial charge in [-0.3, -0.25) is 34.2 Å². The molecule has 3 heterocycles. The summed E-state index contributed by atoms with van der Waals surface area (Å²) in [6, 6.07) is 16.2. The van der Waals surface area contributed by atoms with E-state index in [4.69, 9.17) is 19.5 Å². The standard InChI is InChI=1S/C42H45F3N6O8/c1-41(2)25-50(40(56)36(41)59-29-13-10-27(23-46)31(22-29)42(43,44)45)24-26-8-11-28(12-9-26)47-16-3-4-18-57-20-21-58-19-17-48-32-7-5-6-30-35(32)39(55)51(38(30)54)33-14-15-34(52)49-37(33)53/h5-13,22,33,36,47-48H,3-4,14-21,24-25H2,1-2H3,(H,49,52,53). The number of hydrogen-bond acceptors (Lipinski definition) is 11. The molecule has 3 aliphatic rings. The van der Waals surface area contributed by atoms with E-state index in [0.717, 1.165) is 47.7 Å². The number of likely N-dealkylation sites (tertiary alicyclic amines) is 1. The number of carbonyl (C=O) groups is 5. The number of halogens is 3. The van der Waals surface area contributed by atoms with Gasteiger partial charge in [-0.15, -0.1) is 0 Å². The van der Waals surface area contributed by atoms with E-state index in [1.165, 1.54) is 6.07 Å². The summed E-state index contributed by atoms with van der Waals surface area (Å²) in [5.74, 6) is -2.68. The Balaban J connectivity index is 0.837. The quantitative estimate of drug-likeness (QED) is 0.114. The first-order valence-electron chi connectivity index (χ1n) is 19.3. The van der Waals surface area contributed by atoms with Gasteiger partial charge in [-0.25, -0.2) is 0 Å². The Bertz CT molecular complexity index is 2120. The first kappa shape index (κ1) is 42.6. The van der Waals surface area contributed by atoms with Crippen LogP contribution in [0.15, 0.2) is 60.7 Å². The second-order valence-corrected chi connectivity index (χ2v) is 15.2. The molecule has 6 rings (SSSR count). The number of piperidine rings is 1. The third kappa shape index (κ3) is 10.0. The number of ether oxygens (including phenoxy) is 3. The predicted molar refractivity (Wildman–Crippen MR) is 207 cm³/mol. The molecule has 59 heavy (non-hydrogen) atoms. The van der Waals surface area contributed by atoms with E-state index < -0.39 is 58.5 Å². The van der Waals surface area contributed by atoms with Crippen LogP contribution in [0.5, 0.6) is 5.75 Å². The molecule has 2 fully saturated rings. The van der Waals surface area contributed by atoms with E-state index in [1.807, 2.05) is 38.1 Å². The molecule has 0 aliphatic carbocycles. The fourth-order valence-electron chi connectivity index (χ4n) is 7.31. The van der Waals surface area contributed by atoms with Gasteiger partial charge in [0.1, 0.15) is 11.8 Å². The van der Waals surface area contributed by atoms with Gasteiger partial charge in [0.05, 0.1) is 48.1 Å². The minimum Gasteiger partial charge on any atom is -0.480 e. The number of carbonyl (C=O) groups excluding carboxylic acids is 5. The van der Waals surface area contributed by atoms with Gasteiger partial charge in [-0.05, 0) is 67.3 Å². The maximum absolute atomic E-state index is 13.5. The average molecular weight is 819 g/mol. The number of unbranched alkanes of at least 4 members (excludes halogenated alkanes) is 1. The van der Waals surface area contributed by atoms with Crippen LogP contribution in [0, 0.1) is 16.7 Å². The van der Waals surface area contributed by atoms with Crippen LogP contribution in [-0.4, -0.2) is 97.5 Å². The van der Waals surface area contributed by atoms with E-state index in [1.54, 1.807) is 29.2 Å². The summed E-state index contributed by atoms with van der Waals surface area (Å²) in [5.41, 5.74) is 0.356. The van der Waals surface area contributed by atoms with Gasteiger partial charge in [0.2, 0.25) is 11.8 Å². The molecule has 2 saturated heterocycles. The first-order chi connectivity index (χ1) is 28.2. The third-order valence-electron chi connectivity index (χ3n) is 10.3. The van der Waals surface area contributed by atoms with Crippen LogP contribution in [0.2, 0.25) is 0 Å². The molecule has 14 nitrogen and oxygen atoms in total. The van der Waals surface area contributed by atoms with E-state index in [2.05, 4.69) is 16.0 Å². The van der Waals surface area contributed by atoms with Crippen molar-refractivity contribution in [3.63, 3.8) is 0 Å². The number of hydrogen-bond donors (Lipinski definition) is 3. The molecule has 3 aromatic rings. The molecular formula is C42H45F3N6O8. The average Bonchev–Trinajstić information content (AvgIpc) is 3.57. The van der Waals surface area contributed by atoms with Gasteiger partial charge < -0.3 is 29.7 Å². The fraction of sp³-hybridized carbons (Fsp3) is 0.429. The number of anilines is 2. The number of alkyl halides is 3. The van der Waals surface area contributed by atoms with Crippen LogP contribution in [0.25, 0.3) is 0 Å². The van der Waals surface area contributed by atoms with Gasteiger partial charge in [0.25, 0.3) is 17.7 Å². The van der Waals surface area contributed by atoms with Crippen molar-refractivity contribution in [1.82, 2.24) is 15.1 Å². The van der Waals surface area contributed by atoms with E-state index >= 15 is 0 Å². The van der Waals surface area contributed by atoms with Crippen molar-refractivity contribution in [2.75, 3.05) is 56.7 Å². The second kappa shape index (κ2) is 18.3. The van der Waals surface area contributed by atoms with Crippen molar-refractivity contribution >= 4 is 40.9 Å². The minimum atomic E-state index is -4.74. The van der Waals surface area contributed by atoms with Crippen molar-refractivity contribution < 1.29 is 51.4 Å². The third-order valence-corrected chi connectivity index (χ3v) is 10.3. The van der Waals surface area contributed by atoms with Gasteiger partial charge in [0, 0.05) is 56.0 Å². The molecule has 0 aromatic heterocycles. The summed E-state index contributed by atoms with van der Waals surface area (Å²) in [5, 5.41) is 17.8. The van der Waals surface area contributed by atoms with Crippen LogP contribution < -0.4 is 20.7 Å². The van der Waals surface area contributed by atoms with E-state index in [9.17, 15) is 37.1 Å². The van der Waals surface area contributed by atoms with Crippen molar-refractivity contribution in [3.05, 3.63) is 88.5 Å². The van der Waals surface area contributed by atoms with Crippen molar-refractivity contribution in [1.29, 1.82) is 5.26 Å². The molecule has 0 spiro atoms. The number of rotatable bonds is 18. The maximum atomic E-state index is 13.5. The smallest absolute Gasteiger partial charge is 0.417 e. The minimum absolute atomic E-state index is 0.0489. The molecule has 3 aromatic carbocycles. The maximum Gasteiger partial charge on any atom is 0.417 e. The number of amides is 5. The second-order valence-electron chi connectivity index (χ2n) is 15.2. The summed E-state index contributed by atoms with van der Waals surface area (Å²) < 4.78 is 57.6. The van der Waals surface area contributed by atoms with Crippen LogP contribution in [0.4, 0.5) is 24.5 Å². The number of imide groups is 2. The zero-order valence-electron chi connectivity index (χ0n) is 32.7. The van der Waals surface area contributed by atoms with Crippen molar-refractivity contribution in [3.8, 4) is 11.8 Å². The summed E-state index contributed by atoms with van der Waals surface area (Å²) in [6.07, 6.45) is -3.91. The highest BCUT2D eigenvalue weighted by molar-refractivity contribution is 6.25. The van der Waals surface area contributed by atoms with Crippen LogP contribution in [-0.2, 0) is 36.6 Å². The Morgan fingerprint density at radius 1 is 0.898 bits per heavy atom. The number of nitrogens with zero attached hydrogens (tertiary/aromatic N) is 3. The molecular weight excluding hydrogens is 773 g/mol. The summed E-state index contributed by atoms with van der Waals surface area (Å²) in [6.45, 7) is 7.05. The largest absolute Gasteiger partial charge is 0.480 e. The van der Waals surface area contributed by atoms with Crippen LogP contribution in [0.1, 0.15) is 76.9 Å². The lowest BCUT2D eigenvalue weighted by Crippen LogP contribution is -2.54. The monoisotopic (exact) mass is 818 g/mol. The fourth-order valence-corrected chi connectivity index (χ4v) is 7.31. The summed E-state index contributed by atoms with van der Waals surface area (Å²) >= 11 is 0. The van der Waals surface area contributed by atoms with Gasteiger partial charge in [-0.2, -0.15) is 18.4 Å². The van der Waals surface area contributed by atoms with Gasteiger partial charge >= 0.3 is 6.18 Å². The molecule has 312 valence electrons. The number of nitriles is 1. The molecule has 0 saturated carbocycles. The lowest BCUT2D eigenvalue weighted by molar-refractivity contribution is -0.138. The lowest BCUT2D eigenvalue weighted by atomic mass is 9.89. The molecule has 3 N–H and O–H groups in total. The number of fused-ring (bicyclic) bond motifs is 1.